The molecular formula is C23H21ClN4O. The lowest BCUT2D eigenvalue weighted by molar-refractivity contribution is -0.125. The quantitative estimate of drug-likeness (QED) is 0.486. The number of piperazine rings is 1. The van der Waals surface area contributed by atoms with Gasteiger partial charge in [-0.2, -0.15) is 0 Å². The molecule has 2 aromatic carbocycles. The molecule has 5 nitrogen and oxygen atoms in total. The zero-order valence-electron chi connectivity index (χ0n) is 15.9. The fourth-order valence-electron chi connectivity index (χ4n) is 3.35. The van der Waals surface area contributed by atoms with Gasteiger partial charge in [-0.1, -0.05) is 54.1 Å². The monoisotopic (exact) mass is 404 g/mol. The third-order valence-electron chi connectivity index (χ3n) is 4.90. The fraction of sp³-hybridized carbons (Fsp3) is 0.174. The van der Waals surface area contributed by atoms with Gasteiger partial charge in [-0.3, -0.25) is 4.79 Å². The molecule has 2 heterocycles. The zero-order chi connectivity index (χ0) is 20.1. The van der Waals surface area contributed by atoms with E-state index >= 15 is 0 Å². The molecule has 6 heteroatoms. The van der Waals surface area contributed by atoms with Crippen molar-refractivity contribution in [2.24, 2.45) is 0 Å². The van der Waals surface area contributed by atoms with Crippen molar-refractivity contribution in [2.75, 3.05) is 31.1 Å². The van der Waals surface area contributed by atoms with Crippen LogP contribution in [-0.2, 0) is 4.79 Å². The van der Waals surface area contributed by atoms with Crippen molar-refractivity contribution in [2.45, 2.75) is 0 Å². The molecule has 4 rings (SSSR count). The van der Waals surface area contributed by atoms with Gasteiger partial charge in [0.1, 0.15) is 0 Å². The highest BCUT2D eigenvalue weighted by molar-refractivity contribution is 6.30. The first-order valence-corrected chi connectivity index (χ1v) is 9.92. The second-order valence-electron chi connectivity index (χ2n) is 6.80. The van der Waals surface area contributed by atoms with Crippen LogP contribution in [0, 0.1) is 0 Å². The van der Waals surface area contributed by atoms with Gasteiger partial charge >= 0.3 is 0 Å². The molecule has 0 aliphatic carbocycles. The van der Waals surface area contributed by atoms with E-state index in [4.69, 9.17) is 11.6 Å². The Morgan fingerprint density at radius 1 is 0.862 bits per heavy atom. The molecule has 0 atom stereocenters. The van der Waals surface area contributed by atoms with E-state index in [-0.39, 0.29) is 5.91 Å². The number of amides is 1. The molecule has 1 aliphatic heterocycles. The summed E-state index contributed by atoms with van der Waals surface area (Å²) in [6, 6.07) is 19.1. The van der Waals surface area contributed by atoms with Crippen molar-refractivity contribution < 1.29 is 4.79 Å². The van der Waals surface area contributed by atoms with E-state index in [2.05, 4.69) is 14.9 Å². The van der Waals surface area contributed by atoms with Gasteiger partial charge in [-0.25, -0.2) is 9.97 Å². The molecule has 146 valence electrons. The highest BCUT2D eigenvalue weighted by atomic mass is 35.5. The number of nitrogens with zero attached hydrogens (tertiary/aromatic N) is 4. The Labute approximate surface area is 175 Å². The molecule has 0 spiro atoms. The summed E-state index contributed by atoms with van der Waals surface area (Å²) in [6.07, 6.45) is 5.41. The number of halogens is 1. The van der Waals surface area contributed by atoms with E-state index in [1.54, 1.807) is 18.5 Å². The van der Waals surface area contributed by atoms with Crippen LogP contribution in [0.5, 0.6) is 0 Å². The normalized spacial score (nSPS) is 14.7. The van der Waals surface area contributed by atoms with Crippen molar-refractivity contribution in [1.82, 2.24) is 14.9 Å². The van der Waals surface area contributed by atoms with Crippen LogP contribution in [0.1, 0.15) is 11.1 Å². The Balaban J connectivity index is 1.55. The summed E-state index contributed by atoms with van der Waals surface area (Å²) in [6.45, 7) is 2.67. The number of carbonyl (C=O) groups excluding carboxylic acids is 1. The maximum Gasteiger partial charge on any atom is 0.254 e. The number of rotatable bonds is 4. The Bertz CT molecular complexity index is 982. The van der Waals surface area contributed by atoms with Crippen LogP contribution in [0.15, 0.2) is 73.1 Å². The Morgan fingerprint density at radius 2 is 1.52 bits per heavy atom. The lowest BCUT2D eigenvalue weighted by Gasteiger charge is -2.35. The maximum absolute atomic E-state index is 13.4. The van der Waals surface area contributed by atoms with Gasteiger partial charge in [-0.05, 0) is 35.4 Å². The van der Waals surface area contributed by atoms with Gasteiger partial charge in [0.15, 0.2) is 0 Å². The average Bonchev–Trinajstić information content (AvgIpc) is 2.79. The maximum atomic E-state index is 13.4. The summed E-state index contributed by atoms with van der Waals surface area (Å²) in [4.78, 5) is 26.0. The minimum atomic E-state index is 0.0276. The molecular weight excluding hydrogens is 384 g/mol. The molecule has 0 bridgehead atoms. The minimum Gasteiger partial charge on any atom is -0.337 e. The topological polar surface area (TPSA) is 49.3 Å². The molecule has 0 radical (unpaired) electrons. The van der Waals surface area contributed by atoms with E-state index in [0.29, 0.717) is 42.7 Å². The molecule has 0 unspecified atom stereocenters. The number of hydrogen-bond donors (Lipinski definition) is 0. The van der Waals surface area contributed by atoms with Gasteiger partial charge < -0.3 is 9.80 Å². The highest BCUT2D eigenvalue weighted by Gasteiger charge is 2.25. The van der Waals surface area contributed by atoms with Gasteiger partial charge in [0.05, 0.1) is 0 Å². The molecule has 1 aromatic heterocycles. The lowest BCUT2D eigenvalue weighted by Crippen LogP contribution is -2.49. The van der Waals surface area contributed by atoms with Crippen molar-refractivity contribution >= 4 is 35.1 Å². The van der Waals surface area contributed by atoms with Crippen LogP contribution in [0.2, 0.25) is 5.02 Å². The van der Waals surface area contributed by atoms with Crippen LogP contribution in [-0.4, -0.2) is 47.0 Å². The Kier molecular flexibility index (Phi) is 5.86. The number of anilines is 1. The first-order chi connectivity index (χ1) is 14.2. The van der Waals surface area contributed by atoms with E-state index in [1.807, 2.05) is 65.6 Å². The number of carbonyl (C=O) groups is 1. The number of benzene rings is 2. The average molecular weight is 405 g/mol. The van der Waals surface area contributed by atoms with Crippen molar-refractivity contribution in [3.8, 4) is 0 Å². The second-order valence-corrected chi connectivity index (χ2v) is 7.24. The summed E-state index contributed by atoms with van der Waals surface area (Å²) >= 11 is 6.00. The smallest absolute Gasteiger partial charge is 0.254 e. The fourth-order valence-corrected chi connectivity index (χ4v) is 3.47. The lowest BCUT2D eigenvalue weighted by atomic mass is 10.0. The van der Waals surface area contributed by atoms with Gasteiger partial charge in [-0.15, -0.1) is 0 Å². The number of aromatic nitrogens is 2. The predicted octanol–water partition coefficient (Wildman–Crippen LogP) is 4.02. The molecule has 0 saturated carbocycles. The second kappa shape index (κ2) is 8.88. The van der Waals surface area contributed by atoms with Crippen LogP contribution in [0.3, 0.4) is 0 Å². The zero-order valence-corrected chi connectivity index (χ0v) is 16.7. The minimum absolute atomic E-state index is 0.0276. The van der Waals surface area contributed by atoms with Crippen LogP contribution in [0.4, 0.5) is 5.95 Å². The first-order valence-electron chi connectivity index (χ1n) is 9.54. The molecule has 1 amide bonds. The predicted molar refractivity (Wildman–Crippen MR) is 117 cm³/mol. The summed E-state index contributed by atoms with van der Waals surface area (Å²) in [5, 5.41) is 0.675. The standard InChI is InChI=1S/C23H21ClN4O/c24-20-9-7-18(8-10-20)17-21(19-5-2-1-3-6-19)22(29)27-13-15-28(16-14-27)23-25-11-4-12-26-23/h1-12,17H,13-16H2/b21-17+. The van der Waals surface area contributed by atoms with Crippen LogP contribution >= 0.6 is 11.6 Å². The van der Waals surface area contributed by atoms with E-state index < -0.39 is 0 Å². The molecule has 1 aliphatic rings. The molecule has 1 fully saturated rings. The van der Waals surface area contributed by atoms with E-state index in [0.717, 1.165) is 11.1 Å². The van der Waals surface area contributed by atoms with Crippen molar-refractivity contribution in [1.29, 1.82) is 0 Å². The summed E-state index contributed by atoms with van der Waals surface area (Å²) < 4.78 is 0. The van der Waals surface area contributed by atoms with Gasteiger partial charge in [0, 0.05) is 49.2 Å². The summed E-state index contributed by atoms with van der Waals surface area (Å²) in [5.41, 5.74) is 2.52. The van der Waals surface area contributed by atoms with Crippen LogP contribution < -0.4 is 4.90 Å². The summed E-state index contributed by atoms with van der Waals surface area (Å²) in [5.74, 6) is 0.736. The van der Waals surface area contributed by atoms with Gasteiger partial charge in [0.2, 0.25) is 5.95 Å². The molecule has 0 N–H and O–H groups in total. The molecule has 1 saturated heterocycles. The SMILES string of the molecule is O=C(/C(=C/c1ccc(Cl)cc1)c1ccccc1)N1CCN(c2ncccn2)CC1. The summed E-state index contributed by atoms with van der Waals surface area (Å²) in [7, 11) is 0. The third-order valence-corrected chi connectivity index (χ3v) is 5.15. The van der Waals surface area contributed by atoms with Crippen molar-refractivity contribution in [3.63, 3.8) is 0 Å². The van der Waals surface area contributed by atoms with Crippen LogP contribution in [0.25, 0.3) is 11.6 Å². The number of hydrogen-bond acceptors (Lipinski definition) is 4. The molecule has 29 heavy (non-hydrogen) atoms. The van der Waals surface area contributed by atoms with Gasteiger partial charge in [0.25, 0.3) is 5.91 Å². The Morgan fingerprint density at radius 3 is 2.17 bits per heavy atom. The Hall–Kier alpha value is -3.18. The largest absolute Gasteiger partial charge is 0.337 e. The van der Waals surface area contributed by atoms with E-state index in [9.17, 15) is 4.79 Å². The molecule has 3 aromatic rings. The third kappa shape index (κ3) is 4.63. The highest BCUT2D eigenvalue weighted by Crippen LogP contribution is 2.23. The first kappa shape index (κ1) is 19.2. The van der Waals surface area contributed by atoms with E-state index in [1.165, 1.54) is 0 Å². The van der Waals surface area contributed by atoms with Crippen molar-refractivity contribution in [3.05, 3.63) is 89.2 Å².